The van der Waals surface area contributed by atoms with E-state index in [-0.39, 0.29) is 12.0 Å². The number of aromatic nitrogens is 2. The maximum atomic E-state index is 12.0. The molecule has 20 heavy (non-hydrogen) atoms. The molecule has 2 aliphatic heterocycles. The van der Waals surface area contributed by atoms with Gasteiger partial charge in [-0.05, 0) is 19.8 Å². The predicted octanol–water partition coefficient (Wildman–Crippen LogP) is 1.74. The number of carbonyl (C=O) groups excluding carboxylic acids is 1. The van der Waals surface area contributed by atoms with E-state index in [9.17, 15) is 4.79 Å². The van der Waals surface area contributed by atoms with E-state index in [1.165, 1.54) is 6.33 Å². The molecule has 7 heteroatoms. The van der Waals surface area contributed by atoms with Gasteiger partial charge >= 0.3 is 5.97 Å². The van der Waals surface area contributed by atoms with Gasteiger partial charge in [-0.2, -0.15) is 0 Å². The molecule has 0 radical (unpaired) electrons. The topological polar surface area (TPSA) is 67.7 Å². The Morgan fingerprint density at radius 2 is 2.40 bits per heavy atom. The Bertz CT molecular complexity index is 575. The SMILES string of the molecule is CCOC(=O)C1CCCN1C1=Nc2ncnc(Cl)c2C1. The highest BCUT2D eigenvalue weighted by Gasteiger charge is 2.36. The fourth-order valence-corrected chi connectivity index (χ4v) is 2.87. The van der Waals surface area contributed by atoms with Gasteiger partial charge in [0, 0.05) is 18.5 Å². The first-order valence-electron chi connectivity index (χ1n) is 6.71. The second-order valence-corrected chi connectivity index (χ2v) is 5.13. The van der Waals surface area contributed by atoms with Gasteiger partial charge in [-0.15, -0.1) is 0 Å². The average molecular weight is 295 g/mol. The molecule has 2 aliphatic rings. The fourth-order valence-electron chi connectivity index (χ4n) is 2.68. The lowest BCUT2D eigenvalue weighted by Gasteiger charge is -2.24. The number of ether oxygens (including phenoxy) is 1. The average Bonchev–Trinajstić information content (AvgIpc) is 3.05. The summed E-state index contributed by atoms with van der Waals surface area (Å²) in [6.45, 7) is 3.02. The van der Waals surface area contributed by atoms with Crippen molar-refractivity contribution in [2.75, 3.05) is 13.2 Å². The van der Waals surface area contributed by atoms with Crippen molar-refractivity contribution >= 4 is 29.2 Å². The Labute approximate surface area is 121 Å². The largest absolute Gasteiger partial charge is 0.464 e. The number of halogens is 1. The predicted molar refractivity (Wildman–Crippen MR) is 74.2 cm³/mol. The third-order valence-corrected chi connectivity index (χ3v) is 3.91. The summed E-state index contributed by atoms with van der Waals surface area (Å²) in [7, 11) is 0. The van der Waals surface area contributed by atoms with E-state index >= 15 is 0 Å². The molecule has 0 spiro atoms. The van der Waals surface area contributed by atoms with Crippen LogP contribution in [0.3, 0.4) is 0 Å². The van der Waals surface area contributed by atoms with Crippen molar-refractivity contribution in [1.29, 1.82) is 0 Å². The highest BCUT2D eigenvalue weighted by atomic mass is 35.5. The molecule has 1 saturated heterocycles. The number of hydrogen-bond donors (Lipinski definition) is 0. The molecular formula is C13H15ClN4O2. The molecular weight excluding hydrogens is 280 g/mol. The van der Waals surface area contributed by atoms with Crippen LogP contribution in [-0.4, -0.2) is 45.9 Å². The number of hydrogen-bond acceptors (Lipinski definition) is 6. The van der Waals surface area contributed by atoms with Crippen molar-refractivity contribution in [3.63, 3.8) is 0 Å². The molecule has 1 unspecified atom stereocenters. The molecule has 0 saturated carbocycles. The summed E-state index contributed by atoms with van der Waals surface area (Å²) in [5.74, 6) is 1.26. The third kappa shape index (κ3) is 2.24. The van der Waals surface area contributed by atoms with Gasteiger partial charge in [0.15, 0.2) is 5.82 Å². The van der Waals surface area contributed by atoms with Crippen LogP contribution < -0.4 is 0 Å². The minimum atomic E-state index is -0.241. The number of amidine groups is 1. The number of rotatable bonds is 2. The molecule has 3 heterocycles. The highest BCUT2D eigenvalue weighted by molar-refractivity contribution is 6.30. The van der Waals surface area contributed by atoms with Crippen LogP contribution in [0, 0.1) is 0 Å². The Balaban J connectivity index is 1.81. The van der Waals surface area contributed by atoms with Crippen LogP contribution in [0.4, 0.5) is 5.82 Å². The zero-order valence-electron chi connectivity index (χ0n) is 11.2. The van der Waals surface area contributed by atoms with E-state index < -0.39 is 0 Å². The van der Waals surface area contributed by atoms with Crippen molar-refractivity contribution in [1.82, 2.24) is 14.9 Å². The zero-order chi connectivity index (χ0) is 14.1. The monoisotopic (exact) mass is 294 g/mol. The van der Waals surface area contributed by atoms with Gasteiger partial charge < -0.3 is 9.64 Å². The minimum absolute atomic E-state index is 0.180. The van der Waals surface area contributed by atoms with Crippen LogP contribution in [0.1, 0.15) is 25.3 Å². The van der Waals surface area contributed by atoms with E-state index in [0.717, 1.165) is 30.8 Å². The smallest absolute Gasteiger partial charge is 0.328 e. The molecule has 0 N–H and O–H groups in total. The van der Waals surface area contributed by atoms with Gasteiger partial charge in [-0.3, -0.25) is 0 Å². The van der Waals surface area contributed by atoms with Crippen molar-refractivity contribution < 1.29 is 9.53 Å². The summed E-state index contributed by atoms with van der Waals surface area (Å²) in [6.07, 6.45) is 3.73. The number of aliphatic imine (C=N–C) groups is 1. The molecule has 1 aromatic rings. The number of carbonyl (C=O) groups is 1. The van der Waals surface area contributed by atoms with E-state index in [1.807, 2.05) is 11.8 Å². The summed E-state index contributed by atoms with van der Waals surface area (Å²) in [5, 5.41) is 0.431. The molecule has 6 nitrogen and oxygen atoms in total. The first kappa shape index (κ1) is 13.3. The maximum absolute atomic E-state index is 12.0. The number of esters is 1. The minimum Gasteiger partial charge on any atom is -0.464 e. The molecule has 0 bridgehead atoms. The highest BCUT2D eigenvalue weighted by Crippen LogP contribution is 2.32. The standard InChI is InChI=1S/C13H15ClN4O2/c1-2-20-13(19)9-4-3-5-18(9)10-6-8-11(14)15-7-16-12(8)17-10/h7,9H,2-6H2,1H3. The van der Waals surface area contributed by atoms with E-state index in [2.05, 4.69) is 15.0 Å². The van der Waals surface area contributed by atoms with Crippen molar-refractivity contribution in [2.24, 2.45) is 4.99 Å². The summed E-state index contributed by atoms with van der Waals surface area (Å²) in [5.41, 5.74) is 0.832. The molecule has 0 amide bonds. The Morgan fingerprint density at radius 1 is 1.55 bits per heavy atom. The molecule has 0 aliphatic carbocycles. The van der Waals surface area contributed by atoms with Crippen LogP contribution in [0.2, 0.25) is 5.15 Å². The van der Waals surface area contributed by atoms with Crippen molar-refractivity contribution in [3.05, 3.63) is 17.0 Å². The summed E-state index contributed by atoms with van der Waals surface area (Å²) < 4.78 is 5.13. The van der Waals surface area contributed by atoms with Gasteiger partial charge in [-0.25, -0.2) is 19.8 Å². The van der Waals surface area contributed by atoms with E-state index in [0.29, 0.717) is 24.0 Å². The quantitative estimate of drug-likeness (QED) is 0.614. The normalized spacial score (nSPS) is 20.8. The third-order valence-electron chi connectivity index (χ3n) is 3.58. The lowest BCUT2D eigenvalue weighted by Crippen LogP contribution is -2.41. The van der Waals surface area contributed by atoms with Crippen molar-refractivity contribution in [2.45, 2.75) is 32.2 Å². The van der Waals surface area contributed by atoms with Gasteiger partial charge in [0.2, 0.25) is 0 Å². The summed E-state index contributed by atoms with van der Waals surface area (Å²) in [6, 6.07) is -0.241. The maximum Gasteiger partial charge on any atom is 0.328 e. The van der Waals surface area contributed by atoms with Crippen LogP contribution in [-0.2, 0) is 16.0 Å². The van der Waals surface area contributed by atoms with Crippen LogP contribution in [0.25, 0.3) is 0 Å². The van der Waals surface area contributed by atoms with Gasteiger partial charge in [-0.1, -0.05) is 11.6 Å². The first-order valence-corrected chi connectivity index (χ1v) is 7.08. The molecule has 1 aromatic heterocycles. The Hall–Kier alpha value is -1.69. The number of fused-ring (bicyclic) bond motifs is 1. The molecule has 3 rings (SSSR count). The summed E-state index contributed by atoms with van der Waals surface area (Å²) in [4.78, 5) is 26.6. The number of nitrogens with zero attached hydrogens (tertiary/aromatic N) is 4. The zero-order valence-corrected chi connectivity index (χ0v) is 11.9. The van der Waals surface area contributed by atoms with Crippen LogP contribution >= 0.6 is 11.6 Å². The lowest BCUT2D eigenvalue weighted by atomic mass is 10.2. The van der Waals surface area contributed by atoms with Gasteiger partial charge in [0.25, 0.3) is 0 Å². The molecule has 106 valence electrons. The number of likely N-dealkylation sites (tertiary alicyclic amines) is 1. The Morgan fingerprint density at radius 3 is 3.15 bits per heavy atom. The summed E-state index contributed by atoms with van der Waals surface area (Å²) >= 11 is 6.06. The van der Waals surface area contributed by atoms with Crippen molar-refractivity contribution in [3.8, 4) is 0 Å². The van der Waals surface area contributed by atoms with Gasteiger partial charge in [0.1, 0.15) is 23.4 Å². The van der Waals surface area contributed by atoms with Gasteiger partial charge in [0.05, 0.1) is 6.61 Å². The second kappa shape index (κ2) is 5.36. The van der Waals surface area contributed by atoms with Crippen LogP contribution in [0.5, 0.6) is 0 Å². The van der Waals surface area contributed by atoms with E-state index in [4.69, 9.17) is 16.3 Å². The first-order chi connectivity index (χ1) is 9.70. The van der Waals surface area contributed by atoms with Crippen LogP contribution in [0.15, 0.2) is 11.3 Å². The molecule has 1 atom stereocenters. The second-order valence-electron chi connectivity index (χ2n) is 4.77. The van der Waals surface area contributed by atoms with E-state index in [1.54, 1.807) is 0 Å². The Kier molecular flexibility index (Phi) is 3.56. The molecule has 0 aromatic carbocycles. The fraction of sp³-hybridized carbons (Fsp3) is 0.538. The lowest BCUT2D eigenvalue weighted by molar-refractivity contribution is -0.147. The molecule has 1 fully saturated rings.